The van der Waals surface area contributed by atoms with Crippen molar-refractivity contribution in [3.05, 3.63) is 29.3 Å². The summed E-state index contributed by atoms with van der Waals surface area (Å²) in [4.78, 5) is 11.5. The van der Waals surface area contributed by atoms with Crippen molar-refractivity contribution in [2.24, 2.45) is 5.92 Å². The molecular formula is C11H12F2N2O. The number of amides is 1. The first-order valence-corrected chi connectivity index (χ1v) is 5.10. The number of hydrogen-bond donors (Lipinski definition) is 2. The molecule has 0 spiro atoms. The Hall–Kier alpha value is -1.65. The Morgan fingerprint density at radius 3 is 2.44 bits per heavy atom. The van der Waals surface area contributed by atoms with Crippen LogP contribution in [0.15, 0.2) is 12.1 Å². The van der Waals surface area contributed by atoms with E-state index in [9.17, 15) is 13.6 Å². The molecule has 0 unspecified atom stereocenters. The maximum Gasteiger partial charge on any atom is 0.251 e. The number of rotatable bonds is 3. The third kappa shape index (κ3) is 2.29. The van der Waals surface area contributed by atoms with Gasteiger partial charge in [-0.25, -0.2) is 8.78 Å². The van der Waals surface area contributed by atoms with Gasteiger partial charge in [-0.1, -0.05) is 0 Å². The quantitative estimate of drug-likeness (QED) is 0.770. The highest BCUT2D eigenvalue weighted by Crippen LogP contribution is 2.27. The van der Waals surface area contributed by atoms with Crippen molar-refractivity contribution in [3.8, 4) is 0 Å². The highest BCUT2D eigenvalue weighted by Gasteiger charge is 2.22. The van der Waals surface area contributed by atoms with Crippen LogP contribution >= 0.6 is 0 Å². The fraction of sp³-hybridized carbons (Fsp3) is 0.364. The van der Waals surface area contributed by atoms with E-state index in [1.165, 1.54) is 0 Å². The lowest BCUT2D eigenvalue weighted by atomic mass is 10.1. The zero-order valence-corrected chi connectivity index (χ0v) is 8.59. The molecule has 0 aromatic heterocycles. The van der Waals surface area contributed by atoms with Gasteiger partial charge in [0.05, 0.1) is 0 Å². The van der Waals surface area contributed by atoms with Crippen LogP contribution in [0.5, 0.6) is 0 Å². The highest BCUT2D eigenvalue weighted by molar-refractivity contribution is 5.94. The maximum atomic E-state index is 13.1. The topological polar surface area (TPSA) is 55.1 Å². The van der Waals surface area contributed by atoms with Gasteiger partial charge in [-0.05, 0) is 30.9 Å². The standard InChI is InChI=1S/C11H12F2N2O/c12-8-3-7(4-9(13)10(8)14)11(16)15-5-6-1-2-6/h3-4,6H,1-2,5,14H2,(H,15,16). The van der Waals surface area contributed by atoms with Crippen LogP contribution in [0.3, 0.4) is 0 Å². The monoisotopic (exact) mass is 226 g/mol. The highest BCUT2D eigenvalue weighted by atomic mass is 19.1. The van der Waals surface area contributed by atoms with Crippen molar-refractivity contribution in [1.29, 1.82) is 0 Å². The van der Waals surface area contributed by atoms with Crippen molar-refractivity contribution in [1.82, 2.24) is 5.32 Å². The molecule has 5 heteroatoms. The number of nitrogen functional groups attached to an aromatic ring is 1. The van der Waals surface area contributed by atoms with Crippen molar-refractivity contribution >= 4 is 11.6 Å². The van der Waals surface area contributed by atoms with E-state index in [0.29, 0.717) is 12.5 Å². The Kier molecular flexibility index (Phi) is 2.77. The first-order chi connectivity index (χ1) is 7.58. The number of carbonyl (C=O) groups excluding carboxylic acids is 1. The summed E-state index contributed by atoms with van der Waals surface area (Å²) in [5.74, 6) is -1.76. The number of carbonyl (C=O) groups is 1. The molecule has 1 aromatic carbocycles. The van der Waals surface area contributed by atoms with E-state index >= 15 is 0 Å². The SMILES string of the molecule is Nc1c(F)cc(C(=O)NCC2CC2)cc1F. The predicted octanol–water partition coefficient (Wildman–Crippen LogP) is 1.69. The fourth-order valence-corrected chi connectivity index (χ4v) is 1.38. The average molecular weight is 226 g/mol. The summed E-state index contributed by atoms with van der Waals surface area (Å²) in [7, 11) is 0. The molecular weight excluding hydrogens is 214 g/mol. The number of anilines is 1. The molecule has 3 N–H and O–H groups in total. The second-order valence-electron chi connectivity index (χ2n) is 4.01. The lowest BCUT2D eigenvalue weighted by Gasteiger charge is -2.06. The van der Waals surface area contributed by atoms with Crippen LogP contribution in [0, 0.1) is 17.6 Å². The van der Waals surface area contributed by atoms with Gasteiger partial charge in [0, 0.05) is 12.1 Å². The van der Waals surface area contributed by atoms with E-state index in [1.54, 1.807) is 0 Å². The molecule has 0 heterocycles. The molecule has 1 fully saturated rings. The zero-order valence-electron chi connectivity index (χ0n) is 8.59. The molecule has 1 aliphatic carbocycles. The summed E-state index contributed by atoms with van der Waals surface area (Å²) in [6, 6.07) is 1.89. The molecule has 0 radical (unpaired) electrons. The molecule has 0 saturated heterocycles. The van der Waals surface area contributed by atoms with Crippen LogP contribution in [-0.4, -0.2) is 12.5 Å². The molecule has 1 amide bonds. The molecule has 0 bridgehead atoms. The van der Waals surface area contributed by atoms with E-state index in [2.05, 4.69) is 5.32 Å². The second-order valence-corrected chi connectivity index (χ2v) is 4.01. The summed E-state index contributed by atoms with van der Waals surface area (Å²) in [5, 5.41) is 2.62. The van der Waals surface area contributed by atoms with Gasteiger partial charge in [0.1, 0.15) is 17.3 Å². The van der Waals surface area contributed by atoms with Gasteiger partial charge in [0.15, 0.2) is 0 Å². The van der Waals surface area contributed by atoms with Crippen molar-refractivity contribution < 1.29 is 13.6 Å². The summed E-state index contributed by atoms with van der Waals surface area (Å²) in [6.45, 7) is 0.562. The normalized spacial score (nSPS) is 14.9. The van der Waals surface area contributed by atoms with Gasteiger partial charge < -0.3 is 11.1 Å². The number of halogens is 2. The largest absolute Gasteiger partial charge is 0.394 e. The number of benzene rings is 1. The van der Waals surface area contributed by atoms with E-state index in [1.807, 2.05) is 0 Å². The van der Waals surface area contributed by atoms with E-state index in [-0.39, 0.29) is 5.56 Å². The predicted molar refractivity (Wildman–Crippen MR) is 55.8 cm³/mol. The van der Waals surface area contributed by atoms with Crippen LogP contribution in [0.1, 0.15) is 23.2 Å². The van der Waals surface area contributed by atoms with Gasteiger partial charge >= 0.3 is 0 Å². The number of nitrogens with one attached hydrogen (secondary N) is 1. The van der Waals surface area contributed by atoms with Crippen LogP contribution in [0.4, 0.5) is 14.5 Å². The van der Waals surface area contributed by atoms with Crippen LogP contribution in [0.2, 0.25) is 0 Å². The Morgan fingerprint density at radius 1 is 1.38 bits per heavy atom. The van der Waals surface area contributed by atoms with Gasteiger partial charge in [-0.15, -0.1) is 0 Å². The fourth-order valence-electron chi connectivity index (χ4n) is 1.38. The van der Waals surface area contributed by atoms with Crippen molar-refractivity contribution in [2.75, 3.05) is 12.3 Å². The molecule has 86 valence electrons. The third-order valence-electron chi connectivity index (χ3n) is 2.59. The zero-order chi connectivity index (χ0) is 11.7. The minimum absolute atomic E-state index is 0.0372. The number of hydrogen-bond acceptors (Lipinski definition) is 2. The summed E-state index contributed by atoms with van der Waals surface area (Å²) < 4.78 is 26.1. The molecule has 1 saturated carbocycles. The van der Waals surface area contributed by atoms with Crippen LogP contribution in [-0.2, 0) is 0 Å². The van der Waals surface area contributed by atoms with E-state index < -0.39 is 23.2 Å². The molecule has 0 atom stereocenters. The number of nitrogens with two attached hydrogens (primary N) is 1. The Labute approximate surface area is 91.6 Å². The maximum absolute atomic E-state index is 13.1. The molecule has 2 rings (SSSR count). The molecule has 0 aliphatic heterocycles. The van der Waals surface area contributed by atoms with Crippen LogP contribution in [0.25, 0.3) is 0 Å². The summed E-state index contributed by atoms with van der Waals surface area (Å²) in [6.07, 6.45) is 2.20. The Morgan fingerprint density at radius 2 is 1.94 bits per heavy atom. The average Bonchev–Trinajstić information content (AvgIpc) is 3.05. The summed E-state index contributed by atoms with van der Waals surface area (Å²) >= 11 is 0. The van der Waals surface area contributed by atoms with Gasteiger partial charge in [0.2, 0.25) is 0 Å². The molecule has 16 heavy (non-hydrogen) atoms. The smallest absolute Gasteiger partial charge is 0.251 e. The van der Waals surface area contributed by atoms with Crippen molar-refractivity contribution in [2.45, 2.75) is 12.8 Å². The minimum atomic E-state index is -0.906. The Balaban J connectivity index is 2.09. The minimum Gasteiger partial charge on any atom is -0.394 e. The van der Waals surface area contributed by atoms with Gasteiger partial charge in [0.25, 0.3) is 5.91 Å². The van der Waals surface area contributed by atoms with E-state index in [0.717, 1.165) is 25.0 Å². The summed E-state index contributed by atoms with van der Waals surface area (Å²) in [5.41, 5.74) is 4.51. The molecule has 1 aromatic rings. The molecule has 3 nitrogen and oxygen atoms in total. The lowest BCUT2D eigenvalue weighted by molar-refractivity contribution is 0.0951. The third-order valence-corrected chi connectivity index (χ3v) is 2.59. The molecule has 1 aliphatic rings. The van der Waals surface area contributed by atoms with Crippen molar-refractivity contribution in [3.63, 3.8) is 0 Å². The van der Waals surface area contributed by atoms with Gasteiger partial charge in [-0.3, -0.25) is 4.79 Å². The van der Waals surface area contributed by atoms with E-state index in [4.69, 9.17) is 5.73 Å². The first-order valence-electron chi connectivity index (χ1n) is 5.10. The second kappa shape index (κ2) is 4.08. The Bertz CT molecular complexity index is 407. The van der Waals surface area contributed by atoms with Gasteiger partial charge in [-0.2, -0.15) is 0 Å². The van der Waals surface area contributed by atoms with Crippen LogP contribution < -0.4 is 11.1 Å². The first kappa shape index (κ1) is 10.9. The lowest BCUT2D eigenvalue weighted by Crippen LogP contribution is -2.25.